The monoisotopic (exact) mass is 372 g/mol. The van der Waals surface area contributed by atoms with E-state index in [2.05, 4.69) is 5.32 Å². The van der Waals surface area contributed by atoms with Gasteiger partial charge in [0.1, 0.15) is 6.04 Å². The van der Waals surface area contributed by atoms with Crippen LogP contribution in [0.15, 0.2) is 48.5 Å². The minimum absolute atomic E-state index is 0.0751. The van der Waals surface area contributed by atoms with Gasteiger partial charge in [-0.1, -0.05) is 29.8 Å². The summed E-state index contributed by atoms with van der Waals surface area (Å²) in [4.78, 5) is 25.7. The average Bonchev–Trinajstić information content (AvgIpc) is 3.07. The molecule has 1 saturated heterocycles. The average molecular weight is 373 g/mol. The lowest BCUT2D eigenvalue weighted by Crippen LogP contribution is -2.86. The predicted octanol–water partition coefficient (Wildman–Crippen LogP) is 2.73. The fraction of sp³-hybridized carbons (Fsp3) is 0.300. The van der Waals surface area contributed by atoms with Crippen molar-refractivity contribution in [2.75, 3.05) is 23.3 Å². The molecule has 6 heteroatoms. The van der Waals surface area contributed by atoms with Crippen molar-refractivity contribution in [2.24, 2.45) is 0 Å². The summed E-state index contributed by atoms with van der Waals surface area (Å²) in [5.74, 6) is 0.0823. The van der Waals surface area contributed by atoms with Gasteiger partial charge in [0.25, 0.3) is 5.91 Å². The molecule has 2 aromatic carbocycles. The Hall–Kier alpha value is -2.37. The van der Waals surface area contributed by atoms with Crippen LogP contribution < -0.4 is 15.5 Å². The van der Waals surface area contributed by atoms with Crippen LogP contribution in [0, 0.1) is 0 Å². The van der Waals surface area contributed by atoms with Gasteiger partial charge in [0.05, 0.1) is 0 Å². The fourth-order valence-electron chi connectivity index (χ4n) is 3.11. The zero-order chi connectivity index (χ0) is 18.5. The van der Waals surface area contributed by atoms with Gasteiger partial charge in [-0.3, -0.25) is 9.59 Å². The van der Waals surface area contributed by atoms with E-state index in [4.69, 9.17) is 11.6 Å². The van der Waals surface area contributed by atoms with Crippen LogP contribution in [0.1, 0.15) is 31.4 Å². The highest BCUT2D eigenvalue weighted by atomic mass is 35.5. The van der Waals surface area contributed by atoms with E-state index < -0.39 is 0 Å². The third-order valence-electron chi connectivity index (χ3n) is 4.59. The number of nitrogens with two attached hydrogens (primary N) is 1. The molecule has 0 unspecified atom stereocenters. The van der Waals surface area contributed by atoms with Gasteiger partial charge in [0.2, 0.25) is 5.91 Å². The summed E-state index contributed by atoms with van der Waals surface area (Å²) in [5.41, 5.74) is 2.62. The van der Waals surface area contributed by atoms with Crippen LogP contribution in [0.2, 0.25) is 5.02 Å². The molecular formula is C20H23ClN3O2+. The minimum atomic E-state index is -0.0751. The Morgan fingerprint density at radius 3 is 2.62 bits per heavy atom. The highest BCUT2D eigenvalue weighted by Gasteiger charge is 2.21. The number of quaternary nitrogens is 1. The molecule has 3 rings (SSSR count). The Labute approximate surface area is 158 Å². The van der Waals surface area contributed by atoms with Crippen LogP contribution in [0.4, 0.5) is 11.4 Å². The SMILES string of the molecule is C[C@@H]([NH2+]CC(=O)Nc1ccc(N2CCCC2=O)cc1)c1ccccc1Cl. The lowest BCUT2D eigenvalue weighted by atomic mass is 10.1. The first kappa shape index (κ1) is 18.4. The van der Waals surface area contributed by atoms with Gasteiger partial charge in [-0.15, -0.1) is 0 Å². The van der Waals surface area contributed by atoms with E-state index in [9.17, 15) is 9.59 Å². The van der Waals surface area contributed by atoms with E-state index in [0.717, 1.165) is 29.9 Å². The maximum absolute atomic E-state index is 12.2. The highest BCUT2D eigenvalue weighted by molar-refractivity contribution is 6.31. The van der Waals surface area contributed by atoms with Crippen LogP contribution in [0.5, 0.6) is 0 Å². The number of rotatable bonds is 6. The van der Waals surface area contributed by atoms with Crippen molar-refractivity contribution in [3.05, 3.63) is 59.1 Å². The fourth-order valence-corrected chi connectivity index (χ4v) is 3.42. The predicted molar refractivity (Wildman–Crippen MR) is 103 cm³/mol. The smallest absolute Gasteiger partial charge is 0.279 e. The Morgan fingerprint density at radius 2 is 1.96 bits per heavy atom. The second-order valence-corrected chi connectivity index (χ2v) is 6.90. The summed E-state index contributed by atoms with van der Waals surface area (Å²) in [6.45, 7) is 3.09. The van der Waals surface area contributed by atoms with Gasteiger partial charge in [-0.05, 0) is 43.7 Å². The molecule has 1 fully saturated rings. The zero-order valence-corrected chi connectivity index (χ0v) is 15.5. The Morgan fingerprint density at radius 1 is 1.23 bits per heavy atom. The third-order valence-corrected chi connectivity index (χ3v) is 4.93. The first-order chi connectivity index (χ1) is 12.5. The van der Waals surface area contributed by atoms with Crippen LogP contribution in [0.3, 0.4) is 0 Å². The molecule has 0 bridgehead atoms. The normalized spacial score (nSPS) is 15.2. The van der Waals surface area contributed by atoms with Crippen molar-refractivity contribution in [1.82, 2.24) is 0 Å². The molecule has 0 radical (unpaired) electrons. The van der Waals surface area contributed by atoms with Gasteiger partial charge < -0.3 is 15.5 Å². The molecule has 1 aliphatic heterocycles. The summed E-state index contributed by atoms with van der Waals surface area (Å²) < 4.78 is 0. The van der Waals surface area contributed by atoms with Gasteiger partial charge in [0, 0.05) is 34.9 Å². The molecule has 2 amide bonds. The molecule has 1 atom stereocenters. The minimum Gasteiger partial charge on any atom is -0.332 e. The largest absolute Gasteiger partial charge is 0.332 e. The number of nitrogens with one attached hydrogen (secondary N) is 1. The van der Waals surface area contributed by atoms with Crippen molar-refractivity contribution in [3.8, 4) is 0 Å². The van der Waals surface area contributed by atoms with Crippen LogP contribution in [-0.4, -0.2) is 24.9 Å². The second-order valence-electron chi connectivity index (χ2n) is 6.49. The second kappa shape index (κ2) is 8.34. The lowest BCUT2D eigenvalue weighted by molar-refractivity contribution is -0.682. The number of hydrogen-bond acceptors (Lipinski definition) is 2. The molecular weight excluding hydrogens is 350 g/mol. The molecule has 2 aromatic rings. The maximum atomic E-state index is 12.2. The molecule has 0 aromatic heterocycles. The Balaban J connectivity index is 1.52. The van der Waals surface area contributed by atoms with Crippen molar-refractivity contribution in [3.63, 3.8) is 0 Å². The number of hydrogen-bond donors (Lipinski definition) is 2. The van der Waals surface area contributed by atoms with E-state index in [1.165, 1.54) is 0 Å². The standard InChI is InChI=1S/C20H22ClN3O2/c1-14(17-5-2-3-6-18(17)21)22-13-19(25)23-15-8-10-16(11-9-15)24-12-4-7-20(24)26/h2-3,5-6,8-11,14,22H,4,7,12-13H2,1H3,(H,23,25)/p+1/t14-/m1/s1. The van der Waals surface area contributed by atoms with Crippen LogP contribution in [-0.2, 0) is 9.59 Å². The highest BCUT2D eigenvalue weighted by Crippen LogP contribution is 2.23. The van der Waals surface area contributed by atoms with Crippen molar-refractivity contribution in [2.45, 2.75) is 25.8 Å². The van der Waals surface area contributed by atoms with Gasteiger partial charge in [-0.25, -0.2) is 0 Å². The van der Waals surface area contributed by atoms with E-state index in [-0.39, 0.29) is 17.9 Å². The zero-order valence-electron chi connectivity index (χ0n) is 14.7. The number of carbonyl (C=O) groups is 2. The van der Waals surface area contributed by atoms with Crippen molar-refractivity contribution in [1.29, 1.82) is 0 Å². The molecule has 1 aliphatic rings. The molecule has 1 heterocycles. The molecule has 0 aliphatic carbocycles. The summed E-state index contributed by atoms with van der Waals surface area (Å²) >= 11 is 6.19. The quantitative estimate of drug-likeness (QED) is 0.818. The number of benzene rings is 2. The molecule has 3 N–H and O–H groups in total. The molecule has 136 valence electrons. The summed E-state index contributed by atoms with van der Waals surface area (Å²) in [6, 6.07) is 15.2. The van der Waals surface area contributed by atoms with Gasteiger partial charge >= 0.3 is 0 Å². The molecule has 0 saturated carbocycles. The number of anilines is 2. The summed E-state index contributed by atoms with van der Waals surface area (Å²) in [6.07, 6.45) is 1.51. The molecule has 5 nitrogen and oxygen atoms in total. The maximum Gasteiger partial charge on any atom is 0.279 e. The topological polar surface area (TPSA) is 66.0 Å². The van der Waals surface area contributed by atoms with Gasteiger partial charge in [0.15, 0.2) is 6.54 Å². The van der Waals surface area contributed by atoms with E-state index in [1.54, 1.807) is 4.90 Å². The number of halogens is 1. The first-order valence-electron chi connectivity index (χ1n) is 8.82. The Bertz CT molecular complexity index is 792. The molecule has 26 heavy (non-hydrogen) atoms. The Kier molecular flexibility index (Phi) is 5.91. The lowest BCUT2D eigenvalue weighted by Gasteiger charge is -2.16. The van der Waals surface area contributed by atoms with E-state index in [0.29, 0.717) is 18.0 Å². The van der Waals surface area contributed by atoms with Gasteiger partial charge in [-0.2, -0.15) is 0 Å². The summed E-state index contributed by atoms with van der Waals surface area (Å²) in [5, 5.41) is 5.55. The van der Waals surface area contributed by atoms with E-state index >= 15 is 0 Å². The van der Waals surface area contributed by atoms with Crippen LogP contribution in [0.25, 0.3) is 0 Å². The van der Waals surface area contributed by atoms with Crippen LogP contribution >= 0.6 is 11.6 Å². The summed E-state index contributed by atoms with van der Waals surface area (Å²) in [7, 11) is 0. The van der Waals surface area contributed by atoms with Crippen molar-refractivity contribution >= 4 is 34.8 Å². The van der Waals surface area contributed by atoms with E-state index in [1.807, 2.05) is 60.8 Å². The molecule has 0 spiro atoms. The third kappa shape index (κ3) is 4.42. The number of amides is 2. The number of carbonyl (C=O) groups excluding carboxylic acids is 2. The van der Waals surface area contributed by atoms with Crippen molar-refractivity contribution < 1.29 is 14.9 Å². The number of nitrogens with zero attached hydrogens (tertiary/aromatic N) is 1. The first-order valence-corrected chi connectivity index (χ1v) is 9.20.